The van der Waals surface area contributed by atoms with Crippen LogP contribution in [-0.2, 0) is 16.4 Å². The third-order valence-corrected chi connectivity index (χ3v) is 6.73. The molecule has 1 N–H and O–H groups in total. The van der Waals surface area contributed by atoms with E-state index in [-0.39, 0.29) is 18.2 Å². The van der Waals surface area contributed by atoms with E-state index in [1.54, 1.807) is 16.4 Å². The SMILES string of the molecule is O=S(=O)(c1ccc(CCCl)cc1)N1C2CCC1CC(O)C2. The van der Waals surface area contributed by atoms with Gasteiger partial charge in [0.1, 0.15) is 0 Å². The Morgan fingerprint density at radius 3 is 2.24 bits per heavy atom. The summed E-state index contributed by atoms with van der Waals surface area (Å²) in [6.45, 7) is 0. The molecular formula is C15H20ClNO3S. The van der Waals surface area contributed by atoms with Crippen LogP contribution < -0.4 is 0 Å². The smallest absolute Gasteiger partial charge is 0.243 e. The van der Waals surface area contributed by atoms with Gasteiger partial charge in [-0.05, 0) is 49.8 Å². The topological polar surface area (TPSA) is 57.6 Å². The highest BCUT2D eigenvalue weighted by atomic mass is 35.5. The normalized spacial score (nSPS) is 29.7. The lowest BCUT2D eigenvalue weighted by Crippen LogP contribution is -2.47. The second-order valence-electron chi connectivity index (χ2n) is 5.93. The Morgan fingerprint density at radius 1 is 1.14 bits per heavy atom. The highest BCUT2D eigenvalue weighted by Gasteiger charge is 2.46. The Morgan fingerprint density at radius 2 is 1.71 bits per heavy atom. The van der Waals surface area contributed by atoms with Gasteiger partial charge in [-0.25, -0.2) is 8.42 Å². The number of piperidine rings is 1. The Hall–Kier alpha value is -0.620. The predicted octanol–water partition coefficient (Wildman–Crippen LogP) is 2.14. The fourth-order valence-electron chi connectivity index (χ4n) is 3.56. The number of aryl methyl sites for hydroxylation is 1. The molecule has 0 saturated carbocycles. The standard InChI is InChI=1S/C15H20ClNO3S/c16-8-7-11-1-5-15(6-2-11)21(19,20)17-12-3-4-13(17)10-14(18)9-12/h1-2,5-6,12-14,18H,3-4,7-10H2. The lowest BCUT2D eigenvalue weighted by molar-refractivity contribution is 0.0769. The fraction of sp³-hybridized carbons (Fsp3) is 0.600. The summed E-state index contributed by atoms with van der Waals surface area (Å²) in [6, 6.07) is 6.90. The number of nitrogens with zero attached hydrogens (tertiary/aromatic N) is 1. The van der Waals surface area contributed by atoms with E-state index >= 15 is 0 Å². The van der Waals surface area contributed by atoms with Crippen LogP contribution in [0.2, 0.25) is 0 Å². The molecular weight excluding hydrogens is 310 g/mol. The largest absolute Gasteiger partial charge is 0.393 e. The molecule has 2 bridgehead atoms. The number of aliphatic hydroxyl groups excluding tert-OH is 1. The zero-order chi connectivity index (χ0) is 15.0. The number of sulfonamides is 1. The van der Waals surface area contributed by atoms with Gasteiger partial charge in [0.2, 0.25) is 10.0 Å². The second-order valence-corrected chi connectivity index (χ2v) is 8.15. The number of aliphatic hydroxyl groups is 1. The van der Waals surface area contributed by atoms with Gasteiger partial charge in [-0.1, -0.05) is 12.1 Å². The van der Waals surface area contributed by atoms with Crippen LogP contribution in [0.25, 0.3) is 0 Å². The fourth-order valence-corrected chi connectivity index (χ4v) is 5.67. The highest BCUT2D eigenvalue weighted by Crippen LogP contribution is 2.39. The van der Waals surface area contributed by atoms with Crippen LogP contribution in [0.1, 0.15) is 31.2 Å². The van der Waals surface area contributed by atoms with Gasteiger partial charge in [-0.2, -0.15) is 4.31 Å². The van der Waals surface area contributed by atoms with E-state index in [1.165, 1.54) is 0 Å². The molecule has 4 nitrogen and oxygen atoms in total. The first kappa shape index (κ1) is 15.3. The van der Waals surface area contributed by atoms with Crippen molar-refractivity contribution in [2.75, 3.05) is 5.88 Å². The lowest BCUT2D eigenvalue weighted by Gasteiger charge is -2.36. The Labute approximate surface area is 130 Å². The van der Waals surface area contributed by atoms with Gasteiger partial charge in [-0.3, -0.25) is 0 Å². The predicted molar refractivity (Wildman–Crippen MR) is 81.9 cm³/mol. The monoisotopic (exact) mass is 329 g/mol. The molecule has 2 fully saturated rings. The molecule has 0 aromatic heterocycles. The second kappa shape index (κ2) is 5.88. The molecule has 1 aromatic carbocycles. The molecule has 2 aliphatic heterocycles. The van der Waals surface area contributed by atoms with Crippen LogP contribution in [0.4, 0.5) is 0 Å². The number of halogens is 1. The van der Waals surface area contributed by atoms with Crippen LogP contribution >= 0.6 is 11.6 Å². The summed E-state index contributed by atoms with van der Waals surface area (Å²) in [5.41, 5.74) is 1.04. The number of benzene rings is 1. The van der Waals surface area contributed by atoms with Crippen molar-refractivity contribution < 1.29 is 13.5 Å². The maximum absolute atomic E-state index is 12.8. The van der Waals surface area contributed by atoms with E-state index in [0.717, 1.165) is 24.8 Å². The Kier molecular flexibility index (Phi) is 4.28. The summed E-state index contributed by atoms with van der Waals surface area (Å²) in [5, 5.41) is 9.81. The molecule has 6 heteroatoms. The summed E-state index contributed by atoms with van der Waals surface area (Å²) in [6.07, 6.45) is 3.19. The van der Waals surface area contributed by atoms with Crippen LogP contribution in [-0.4, -0.2) is 41.9 Å². The van der Waals surface area contributed by atoms with Crippen LogP contribution in [0.3, 0.4) is 0 Å². The van der Waals surface area contributed by atoms with Gasteiger partial charge < -0.3 is 5.11 Å². The molecule has 2 aliphatic rings. The molecule has 2 atom stereocenters. The third kappa shape index (κ3) is 2.84. The molecule has 2 heterocycles. The maximum Gasteiger partial charge on any atom is 0.243 e. The molecule has 0 radical (unpaired) electrons. The minimum atomic E-state index is -3.46. The van der Waals surface area contributed by atoms with Crippen LogP contribution in [0.15, 0.2) is 29.2 Å². The zero-order valence-electron chi connectivity index (χ0n) is 11.8. The number of hydrogen-bond acceptors (Lipinski definition) is 3. The summed E-state index contributed by atoms with van der Waals surface area (Å²) in [5.74, 6) is 0.528. The zero-order valence-corrected chi connectivity index (χ0v) is 13.4. The number of hydrogen-bond donors (Lipinski definition) is 1. The Bertz CT molecular complexity index is 588. The van der Waals surface area contributed by atoms with Crippen LogP contribution in [0, 0.1) is 0 Å². The van der Waals surface area contributed by atoms with Gasteiger partial charge in [0.15, 0.2) is 0 Å². The molecule has 0 aliphatic carbocycles. The molecule has 116 valence electrons. The van der Waals surface area contributed by atoms with E-state index in [1.807, 2.05) is 12.1 Å². The van der Waals surface area contributed by atoms with Gasteiger partial charge in [0.25, 0.3) is 0 Å². The molecule has 3 rings (SSSR count). The van der Waals surface area contributed by atoms with Crippen molar-refractivity contribution in [1.82, 2.24) is 4.31 Å². The molecule has 0 spiro atoms. The maximum atomic E-state index is 12.8. The van der Waals surface area contributed by atoms with Crippen LogP contribution in [0.5, 0.6) is 0 Å². The molecule has 2 saturated heterocycles. The number of rotatable bonds is 4. The first-order valence-electron chi connectivity index (χ1n) is 7.39. The van der Waals surface area contributed by atoms with Gasteiger partial charge in [0, 0.05) is 18.0 Å². The Balaban J connectivity index is 1.87. The van der Waals surface area contributed by atoms with Gasteiger partial charge >= 0.3 is 0 Å². The molecule has 21 heavy (non-hydrogen) atoms. The number of alkyl halides is 1. The highest BCUT2D eigenvalue weighted by molar-refractivity contribution is 7.89. The molecule has 0 amide bonds. The lowest BCUT2D eigenvalue weighted by atomic mass is 10.0. The van der Waals surface area contributed by atoms with Crippen molar-refractivity contribution >= 4 is 21.6 Å². The summed E-state index contributed by atoms with van der Waals surface area (Å²) in [7, 11) is -3.46. The average Bonchev–Trinajstić information content (AvgIpc) is 2.73. The van der Waals surface area contributed by atoms with E-state index in [0.29, 0.717) is 23.6 Å². The van der Waals surface area contributed by atoms with E-state index in [9.17, 15) is 13.5 Å². The first-order chi connectivity index (χ1) is 10.0. The van der Waals surface area contributed by atoms with Crippen molar-refractivity contribution in [1.29, 1.82) is 0 Å². The van der Waals surface area contributed by atoms with Crippen molar-refractivity contribution in [2.45, 2.75) is 55.2 Å². The van der Waals surface area contributed by atoms with E-state index in [4.69, 9.17) is 11.6 Å². The van der Waals surface area contributed by atoms with Crippen molar-refractivity contribution in [3.63, 3.8) is 0 Å². The molecule has 2 unspecified atom stereocenters. The van der Waals surface area contributed by atoms with Crippen molar-refractivity contribution in [2.24, 2.45) is 0 Å². The quantitative estimate of drug-likeness (QED) is 0.861. The van der Waals surface area contributed by atoms with Crippen molar-refractivity contribution in [3.05, 3.63) is 29.8 Å². The minimum absolute atomic E-state index is 0.0498. The van der Waals surface area contributed by atoms with Gasteiger partial charge in [0.05, 0.1) is 11.0 Å². The van der Waals surface area contributed by atoms with E-state index < -0.39 is 10.0 Å². The minimum Gasteiger partial charge on any atom is -0.393 e. The van der Waals surface area contributed by atoms with Crippen molar-refractivity contribution in [3.8, 4) is 0 Å². The summed E-state index contributed by atoms with van der Waals surface area (Å²) >= 11 is 5.70. The first-order valence-corrected chi connectivity index (χ1v) is 9.36. The third-order valence-electron chi connectivity index (χ3n) is 4.52. The van der Waals surface area contributed by atoms with E-state index in [2.05, 4.69) is 0 Å². The van der Waals surface area contributed by atoms with Gasteiger partial charge in [-0.15, -0.1) is 11.6 Å². The molecule has 1 aromatic rings. The number of fused-ring (bicyclic) bond motifs is 2. The average molecular weight is 330 g/mol. The summed E-state index contributed by atoms with van der Waals surface area (Å²) in [4.78, 5) is 0.342. The summed E-state index contributed by atoms with van der Waals surface area (Å²) < 4.78 is 27.3.